The minimum Gasteiger partial charge on any atom is -0.493 e. The Labute approximate surface area is 786 Å². The second kappa shape index (κ2) is 41.3. The summed E-state index contributed by atoms with van der Waals surface area (Å²) in [5.41, 5.74) is 7.88. The zero-order valence-corrected chi connectivity index (χ0v) is 75.1. The van der Waals surface area contributed by atoms with Gasteiger partial charge < -0.3 is 67.6 Å². The van der Waals surface area contributed by atoms with Crippen LogP contribution >= 0.6 is 0 Å². The first-order chi connectivity index (χ1) is 67.6. The highest BCUT2D eigenvalue weighted by Crippen LogP contribution is 2.43. The fourth-order valence-corrected chi connectivity index (χ4v) is 16.0. The molecule has 0 aliphatic carbocycles. The van der Waals surface area contributed by atoms with Crippen LogP contribution in [0.25, 0.3) is 88.4 Å². The van der Waals surface area contributed by atoms with E-state index in [1.807, 2.05) is 172 Å². The number of hydrogen-bond donors (Lipinski definition) is 4. The molecule has 0 unspecified atom stereocenters. The number of nitrogens with one attached hydrogen (secondary N) is 4. The van der Waals surface area contributed by atoms with Crippen molar-refractivity contribution in [2.24, 2.45) is 0 Å². The average molecular weight is 1840 g/mol. The molecule has 0 saturated carbocycles. The molecule has 35 heteroatoms. The molecule has 4 N–H and O–H groups in total. The Kier molecular flexibility index (Phi) is 27.4. The number of nitrogens with zero attached hydrogens (tertiary/aromatic N) is 17. The highest BCUT2D eigenvalue weighted by Gasteiger charge is 2.51. The van der Waals surface area contributed by atoms with E-state index in [0.717, 1.165) is 88.1 Å². The van der Waals surface area contributed by atoms with E-state index in [4.69, 9.17) is 56.3 Å². The molecule has 0 aliphatic heterocycles. The molecule has 14 heterocycles. The van der Waals surface area contributed by atoms with E-state index in [1.165, 1.54) is 80.1 Å². The molecule has 6 aromatic carbocycles. The van der Waals surface area contributed by atoms with Gasteiger partial charge in [0.05, 0.1) is 96.2 Å². The number of pyridine rings is 7. The average Bonchev–Trinajstić information content (AvgIpc) is 0.978. The molecule has 20 aromatic rings. The lowest BCUT2D eigenvalue weighted by Gasteiger charge is -2.29. The van der Waals surface area contributed by atoms with E-state index < -0.39 is 46.0 Å². The lowest BCUT2D eigenvalue weighted by atomic mass is 9.89. The van der Waals surface area contributed by atoms with E-state index in [2.05, 4.69) is 97.1 Å². The minimum atomic E-state index is -1.70. The molecular weight excluding hydrogens is 1760 g/mol. The van der Waals surface area contributed by atoms with Crippen molar-refractivity contribution < 1.29 is 65.5 Å². The van der Waals surface area contributed by atoms with Crippen LogP contribution < -0.4 is 30.7 Å². The van der Waals surface area contributed by atoms with Crippen LogP contribution in [-0.4, -0.2) is 152 Å². The van der Waals surface area contributed by atoms with Crippen molar-refractivity contribution in [2.45, 2.75) is 36.3 Å². The molecule has 0 aliphatic rings. The van der Waals surface area contributed by atoms with Gasteiger partial charge in [0.25, 0.3) is 29.2 Å². The van der Waals surface area contributed by atoms with E-state index in [9.17, 15) is 19.2 Å². The number of anilines is 4. The van der Waals surface area contributed by atoms with Crippen LogP contribution in [0.4, 0.5) is 23.0 Å². The van der Waals surface area contributed by atoms with Gasteiger partial charge in [-0.1, -0.05) is 162 Å². The van der Waals surface area contributed by atoms with E-state index in [-0.39, 0.29) is 23.5 Å². The molecule has 4 amide bonds. The Hall–Kier alpha value is -18.2. The number of rotatable bonds is 26. The summed E-state index contributed by atoms with van der Waals surface area (Å²) in [5.74, 6) is -0.635. The van der Waals surface area contributed by atoms with Crippen LogP contribution in [-0.2, 0) is 60.5 Å². The molecule has 0 fully saturated rings. The molecule has 0 spiro atoms. The third-order valence-electron chi connectivity index (χ3n) is 22.7. The maximum absolute atomic E-state index is 13.9. The van der Waals surface area contributed by atoms with Crippen molar-refractivity contribution >= 4 is 90.3 Å². The highest BCUT2D eigenvalue weighted by molar-refractivity contribution is 6.06. The predicted molar refractivity (Wildman–Crippen MR) is 509 cm³/mol. The maximum atomic E-state index is 13.9. The predicted octanol–water partition coefficient (Wildman–Crippen LogP) is 16.9. The summed E-state index contributed by atoms with van der Waals surface area (Å²) in [4.78, 5) is 95.0. The largest absolute Gasteiger partial charge is 0.493 e. The van der Waals surface area contributed by atoms with Gasteiger partial charge in [0.15, 0.2) is 11.6 Å². The van der Waals surface area contributed by atoms with Crippen molar-refractivity contribution in [1.82, 2.24) is 85.8 Å². The fourth-order valence-electron chi connectivity index (χ4n) is 16.0. The quantitative estimate of drug-likeness (QED) is 0.0391. The summed E-state index contributed by atoms with van der Waals surface area (Å²) >= 11 is 0. The zero-order chi connectivity index (χ0) is 95.6. The maximum Gasteiger partial charge on any atom is 0.272 e. The van der Waals surface area contributed by atoms with Crippen LogP contribution in [0.15, 0.2) is 354 Å². The van der Waals surface area contributed by atoms with Gasteiger partial charge >= 0.3 is 0 Å². The minimum absolute atomic E-state index is 0.0652. The number of ether oxygens (including phenoxy) is 6. The Balaban J connectivity index is 0.000000127. The molecular formula is C103H83N21O14. The number of fused-ring (bicyclic) bond motifs is 4. The van der Waals surface area contributed by atoms with Crippen LogP contribution in [0.5, 0.6) is 11.6 Å². The van der Waals surface area contributed by atoms with E-state index in [0.29, 0.717) is 68.1 Å². The molecule has 684 valence electrons. The van der Waals surface area contributed by atoms with Crippen LogP contribution in [0.1, 0.15) is 56.7 Å². The Bertz CT molecular complexity index is 7420. The Morgan fingerprint density at radius 2 is 0.855 bits per heavy atom. The number of aryl methyl sites for hydroxylation is 1. The molecule has 20 rings (SSSR count). The Morgan fingerprint density at radius 3 is 1.40 bits per heavy atom. The number of methoxy groups -OCH3 is 6. The zero-order valence-electron chi connectivity index (χ0n) is 75.1. The van der Waals surface area contributed by atoms with E-state index >= 15 is 0 Å². The van der Waals surface area contributed by atoms with Gasteiger partial charge in [-0.2, -0.15) is 30.6 Å². The lowest BCUT2D eigenvalue weighted by molar-refractivity contribution is -0.137. The molecule has 35 nitrogen and oxygen atoms in total. The summed E-state index contributed by atoms with van der Waals surface area (Å²) in [6, 6.07) is 71.5. The van der Waals surface area contributed by atoms with Crippen LogP contribution in [0.2, 0.25) is 0 Å². The van der Waals surface area contributed by atoms with Crippen molar-refractivity contribution in [3.05, 3.63) is 393 Å². The number of carbonyl (C=O) groups excluding carboxylic acids is 4. The highest BCUT2D eigenvalue weighted by atomic mass is 16.5. The number of hydrogen-bond acceptors (Lipinski definition) is 31. The molecule has 4 atom stereocenters. The van der Waals surface area contributed by atoms with Crippen LogP contribution in [0, 0.1) is 13.8 Å². The Morgan fingerprint density at radius 1 is 0.355 bits per heavy atom. The van der Waals surface area contributed by atoms with Crippen molar-refractivity contribution in [1.29, 1.82) is 0 Å². The van der Waals surface area contributed by atoms with E-state index in [1.54, 1.807) is 141 Å². The van der Waals surface area contributed by atoms with Gasteiger partial charge in [0.1, 0.15) is 47.9 Å². The first kappa shape index (κ1) is 91.7. The number of aromatic nitrogens is 17. The fraction of sp³-hybridized carbons (Fsp3) is 0.117. The monoisotopic (exact) mass is 1840 g/mol. The second-order valence-electron chi connectivity index (χ2n) is 30.5. The van der Waals surface area contributed by atoms with Gasteiger partial charge in [0.2, 0.25) is 34.5 Å². The standard InChI is InChI=1S/2C26H21N5O4.C26H21N5O3.C25H20N6O3/c1-33-23-22(14-17(15-28-23)20-16-29-31-21-11-7-6-10-19(20)21)30-24(32)26(34-2,25-27-12-13-35-25)18-8-4-3-5-9-18;1-33-22-13-12-20(19-16-27-30-21-11-7-6-10-18(19)21)28-24(22)29-25(32)26(34-2,23-14-15-35-31-23)17-8-4-3-5-9-17;1-17-14-22(20-16-27-30-21-11-7-6-10-19(20)21)28-24(15-17)29-25(32)26(33-2,23-12-13-34-31-23)18-8-4-3-5-9-18;1-16-18(19-14-26-12-17-6-5-9-29-22(17)19)13-27-15-20(16)31-23(32)25(33-2,24-30-10-11-34-24)21-7-3-4-8-28-21/h3-16H,1-2H3,(H,30,32);3-16H,1-2H3,(H,28,29,32);3-16H,1-2H3,(H,28,29,32);3-15H,1-2H3,(H,31,32)/t3*26-;25-/m1001/s1. The first-order valence-electron chi connectivity index (χ1n) is 42.6. The number of carbonyl (C=O) groups is 4. The molecule has 0 radical (unpaired) electrons. The van der Waals surface area contributed by atoms with Crippen molar-refractivity contribution in [3.63, 3.8) is 0 Å². The van der Waals surface area contributed by atoms with Gasteiger partial charge in [-0.25, -0.2) is 24.9 Å². The summed E-state index contributed by atoms with van der Waals surface area (Å²) in [6.45, 7) is 3.84. The van der Waals surface area contributed by atoms with Gasteiger partial charge in [-0.3, -0.25) is 39.1 Å². The number of oxazole rings is 2. The normalized spacial score (nSPS) is 12.8. The third kappa shape index (κ3) is 18.1. The summed E-state index contributed by atoms with van der Waals surface area (Å²) in [5, 5.41) is 48.2. The molecule has 14 aromatic heterocycles. The van der Waals surface area contributed by atoms with Gasteiger partial charge in [-0.05, 0) is 109 Å². The number of benzene rings is 6. The lowest BCUT2D eigenvalue weighted by Crippen LogP contribution is -2.44. The summed E-state index contributed by atoms with van der Waals surface area (Å²) in [7, 11) is 8.73. The first-order valence-corrected chi connectivity index (χ1v) is 42.6. The number of amides is 4. The van der Waals surface area contributed by atoms with Crippen LogP contribution in [0.3, 0.4) is 0 Å². The smallest absolute Gasteiger partial charge is 0.272 e. The van der Waals surface area contributed by atoms with Crippen molar-refractivity contribution in [2.75, 3.05) is 63.9 Å². The van der Waals surface area contributed by atoms with Crippen molar-refractivity contribution in [3.8, 4) is 56.4 Å². The molecule has 0 saturated heterocycles. The topological polar surface area (TPSA) is 443 Å². The van der Waals surface area contributed by atoms with Gasteiger partial charge in [0, 0.05) is 138 Å². The molecule has 0 bridgehead atoms. The van der Waals surface area contributed by atoms with Gasteiger partial charge in [-0.15, -0.1) is 0 Å². The molecule has 138 heavy (non-hydrogen) atoms. The second-order valence-corrected chi connectivity index (χ2v) is 30.5. The SMILES string of the molecule is CO[C@@](C(=O)Nc1cc(C)cc(-c2cnnc3ccccc23)n1)(c1ccccc1)c1ccon1.CO[C@@](C(=O)Nc1cncc(-c2cncc3cccnc23)c1C)(c1ccccn1)c1ncco1.COc1ccc(-c2cnnc3ccccc23)nc1NC(=O)[C@](OC)(c1ccccc1)c1ccon1.COc1ncc(-c2cnnc3ccccc23)cc1NC(=O)[C@](OC)(c1ccccc1)c1ncco1. The summed E-state index contributed by atoms with van der Waals surface area (Å²) in [6.07, 6.45) is 25.2. The summed E-state index contributed by atoms with van der Waals surface area (Å²) < 4.78 is 55.3. The third-order valence-corrected chi connectivity index (χ3v) is 22.7.